The fourth-order valence-corrected chi connectivity index (χ4v) is 6.31. The second-order valence-electron chi connectivity index (χ2n) is 8.88. The zero-order chi connectivity index (χ0) is 23.5. The lowest BCUT2D eigenvalue weighted by molar-refractivity contribution is 0.314. The molecule has 0 unspecified atom stereocenters. The highest BCUT2D eigenvalue weighted by Gasteiger charge is 2.30. The lowest BCUT2D eigenvalue weighted by Gasteiger charge is -2.35. The first kappa shape index (κ1) is 22.9. The molecular formula is C25H30N4O4S. The number of rotatable bonds is 6. The lowest BCUT2D eigenvalue weighted by Crippen LogP contribution is -2.48. The van der Waals surface area contributed by atoms with Gasteiger partial charge in [-0.3, -0.25) is 0 Å². The minimum absolute atomic E-state index is 0.209. The Hall–Kier alpha value is -2.91. The molecule has 1 saturated carbocycles. The molecule has 3 aromatic rings. The average Bonchev–Trinajstić information content (AvgIpc) is 3.40. The smallest absolute Gasteiger partial charge is 0.243 e. The van der Waals surface area contributed by atoms with Crippen molar-refractivity contribution < 1.29 is 17.7 Å². The van der Waals surface area contributed by atoms with Crippen LogP contribution in [0.2, 0.25) is 0 Å². The standard InChI is InChI=1S/C25H30N4O4S/c1-32-23-13-12-21(18-22(23)24-26-25(33-27-24)19-8-4-2-5-9-19)34(30,31)29-16-14-28(15-17-29)20-10-6-3-7-11-20/h3,6-7,10-13,18-19H,2,4-5,8-9,14-17H2,1H3. The quantitative estimate of drug-likeness (QED) is 0.517. The second-order valence-corrected chi connectivity index (χ2v) is 10.8. The van der Waals surface area contributed by atoms with Crippen molar-refractivity contribution in [2.75, 3.05) is 38.2 Å². The number of nitrogens with zero attached hydrogens (tertiary/aromatic N) is 4. The maximum absolute atomic E-state index is 13.5. The van der Waals surface area contributed by atoms with Crippen LogP contribution >= 0.6 is 0 Å². The third-order valence-electron chi connectivity index (χ3n) is 6.81. The van der Waals surface area contributed by atoms with Gasteiger partial charge in [0.15, 0.2) is 0 Å². The van der Waals surface area contributed by atoms with Crippen molar-refractivity contribution in [1.29, 1.82) is 0 Å². The molecule has 1 saturated heterocycles. The van der Waals surface area contributed by atoms with Gasteiger partial charge in [0.1, 0.15) is 5.75 Å². The van der Waals surface area contributed by atoms with E-state index in [4.69, 9.17) is 9.26 Å². The first-order valence-electron chi connectivity index (χ1n) is 11.9. The van der Waals surface area contributed by atoms with E-state index in [9.17, 15) is 8.42 Å². The zero-order valence-corrected chi connectivity index (χ0v) is 20.2. The van der Waals surface area contributed by atoms with Gasteiger partial charge in [-0.2, -0.15) is 9.29 Å². The van der Waals surface area contributed by atoms with Gasteiger partial charge in [-0.1, -0.05) is 42.6 Å². The fourth-order valence-electron chi connectivity index (χ4n) is 4.86. The summed E-state index contributed by atoms with van der Waals surface area (Å²) in [4.78, 5) is 7.03. The van der Waals surface area contributed by atoms with Crippen molar-refractivity contribution in [3.8, 4) is 17.1 Å². The molecule has 1 aliphatic heterocycles. The third kappa shape index (κ3) is 4.54. The van der Waals surface area contributed by atoms with Crippen LogP contribution in [0.4, 0.5) is 5.69 Å². The molecule has 0 bridgehead atoms. The predicted molar refractivity (Wildman–Crippen MR) is 130 cm³/mol. The first-order chi connectivity index (χ1) is 16.6. The number of anilines is 1. The highest BCUT2D eigenvalue weighted by Crippen LogP contribution is 2.35. The summed E-state index contributed by atoms with van der Waals surface area (Å²) < 4.78 is 39.5. The maximum atomic E-state index is 13.5. The Balaban J connectivity index is 1.37. The number of ether oxygens (including phenoxy) is 1. The summed E-state index contributed by atoms with van der Waals surface area (Å²) >= 11 is 0. The van der Waals surface area contributed by atoms with Crippen LogP contribution in [0.5, 0.6) is 5.75 Å². The largest absolute Gasteiger partial charge is 0.496 e. The van der Waals surface area contributed by atoms with Crippen molar-refractivity contribution in [3.05, 3.63) is 54.4 Å². The molecule has 2 aromatic carbocycles. The summed E-state index contributed by atoms with van der Waals surface area (Å²) in [7, 11) is -2.12. The van der Waals surface area contributed by atoms with Crippen LogP contribution in [0, 0.1) is 0 Å². The normalized spacial score (nSPS) is 18.2. The van der Waals surface area contributed by atoms with Crippen molar-refractivity contribution in [2.24, 2.45) is 0 Å². The summed E-state index contributed by atoms with van der Waals surface area (Å²) in [6.07, 6.45) is 5.66. The van der Waals surface area contributed by atoms with Gasteiger partial charge in [0.25, 0.3) is 0 Å². The number of para-hydroxylation sites is 1. The maximum Gasteiger partial charge on any atom is 0.243 e. The van der Waals surface area contributed by atoms with Gasteiger partial charge in [0.2, 0.25) is 21.7 Å². The van der Waals surface area contributed by atoms with Crippen LogP contribution in [0.15, 0.2) is 57.9 Å². The Morgan fingerprint density at radius 2 is 1.71 bits per heavy atom. The van der Waals surface area contributed by atoms with Crippen LogP contribution in [-0.2, 0) is 10.0 Å². The number of piperazine rings is 1. The van der Waals surface area contributed by atoms with E-state index in [0.717, 1.165) is 31.4 Å². The molecule has 0 radical (unpaired) electrons. The summed E-state index contributed by atoms with van der Waals surface area (Å²) in [5, 5.41) is 4.17. The highest BCUT2D eigenvalue weighted by atomic mass is 32.2. The molecule has 0 atom stereocenters. The molecule has 5 rings (SSSR count). The van der Waals surface area contributed by atoms with E-state index in [1.165, 1.54) is 6.42 Å². The number of aromatic nitrogens is 2. The minimum atomic E-state index is -3.67. The van der Waals surface area contributed by atoms with E-state index in [1.807, 2.05) is 30.3 Å². The average molecular weight is 483 g/mol. The Morgan fingerprint density at radius 3 is 2.41 bits per heavy atom. The van der Waals surface area contributed by atoms with E-state index in [2.05, 4.69) is 15.0 Å². The van der Waals surface area contributed by atoms with Gasteiger partial charge in [0.05, 0.1) is 17.6 Å². The van der Waals surface area contributed by atoms with E-state index in [-0.39, 0.29) is 10.8 Å². The van der Waals surface area contributed by atoms with Crippen molar-refractivity contribution in [1.82, 2.24) is 14.4 Å². The van der Waals surface area contributed by atoms with Crippen molar-refractivity contribution in [3.63, 3.8) is 0 Å². The fraction of sp³-hybridized carbons (Fsp3) is 0.440. The number of methoxy groups -OCH3 is 1. The van der Waals surface area contributed by atoms with Crippen LogP contribution < -0.4 is 9.64 Å². The van der Waals surface area contributed by atoms with E-state index in [1.54, 1.807) is 29.6 Å². The number of hydrogen-bond donors (Lipinski definition) is 0. The molecule has 2 heterocycles. The third-order valence-corrected chi connectivity index (χ3v) is 8.70. The van der Waals surface area contributed by atoms with Gasteiger partial charge in [-0.05, 0) is 43.2 Å². The molecule has 2 fully saturated rings. The monoisotopic (exact) mass is 482 g/mol. The minimum Gasteiger partial charge on any atom is -0.496 e. The molecular weight excluding hydrogens is 452 g/mol. The summed E-state index contributed by atoms with van der Waals surface area (Å²) in [5.41, 5.74) is 1.63. The SMILES string of the molecule is COc1ccc(S(=O)(=O)N2CCN(c3ccccc3)CC2)cc1-c1noc(C2CCCCC2)n1. The van der Waals surface area contributed by atoms with Crippen molar-refractivity contribution >= 4 is 15.7 Å². The molecule has 1 aromatic heterocycles. The van der Waals surface area contributed by atoms with Gasteiger partial charge in [-0.25, -0.2) is 8.42 Å². The molecule has 0 N–H and O–H groups in total. The van der Waals surface area contributed by atoms with E-state index in [0.29, 0.717) is 49.2 Å². The molecule has 8 nitrogen and oxygen atoms in total. The van der Waals surface area contributed by atoms with Crippen LogP contribution in [0.3, 0.4) is 0 Å². The van der Waals surface area contributed by atoms with Gasteiger partial charge in [0, 0.05) is 37.8 Å². The van der Waals surface area contributed by atoms with Crippen LogP contribution in [-0.4, -0.2) is 56.2 Å². The Kier molecular flexibility index (Phi) is 6.56. The zero-order valence-electron chi connectivity index (χ0n) is 19.4. The first-order valence-corrected chi connectivity index (χ1v) is 13.3. The van der Waals surface area contributed by atoms with Gasteiger partial charge < -0.3 is 14.2 Å². The highest BCUT2D eigenvalue weighted by molar-refractivity contribution is 7.89. The number of benzene rings is 2. The van der Waals surface area contributed by atoms with E-state index < -0.39 is 10.0 Å². The molecule has 0 spiro atoms. The molecule has 9 heteroatoms. The van der Waals surface area contributed by atoms with Gasteiger partial charge >= 0.3 is 0 Å². The lowest BCUT2D eigenvalue weighted by atomic mass is 9.89. The number of hydrogen-bond acceptors (Lipinski definition) is 7. The topological polar surface area (TPSA) is 88.8 Å². The molecule has 0 amide bonds. The number of sulfonamides is 1. The summed E-state index contributed by atoms with van der Waals surface area (Å²) in [6.45, 7) is 2.13. The Bertz CT molecular complexity index is 1210. The van der Waals surface area contributed by atoms with Gasteiger partial charge in [-0.15, -0.1) is 0 Å². The van der Waals surface area contributed by atoms with Crippen LogP contribution in [0.25, 0.3) is 11.4 Å². The molecule has 1 aliphatic carbocycles. The Morgan fingerprint density at radius 1 is 0.971 bits per heavy atom. The molecule has 180 valence electrons. The van der Waals surface area contributed by atoms with Crippen molar-refractivity contribution in [2.45, 2.75) is 42.9 Å². The summed E-state index contributed by atoms with van der Waals surface area (Å²) in [5.74, 6) is 1.78. The van der Waals surface area contributed by atoms with Crippen LogP contribution in [0.1, 0.15) is 43.9 Å². The predicted octanol–water partition coefficient (Wildman–Crippen LogP) is 4.30. The Labute approximate surface area is 200 Å². The second kappa shape index (κ2) is 9.76. The summed E-state index contributed by atoms with van der Waals surface area (Å²) in [6, 6.07) is 14.9. The molecule has 34 heavy (non-hydrogen) atoms. The molecule has 2 aliphatic rings. The van der Waals surface area contributed by atoms with E-state index >= 15 is 0 Å².